The Bertz CT molecular complexity index is 458. The van der Waals surface area contributed by atoms with Gasteiger partial charge in [0.15, 0.2) is 0 Å². The molecule has 0 aliphatic heterocycles. The van der Waals surface area contributed by atoms with E-state index in [1.807, 2.05) is 13.8 Å². The summed E-state index contributed by atoms with van der Waals surface area (Å²) in [5.74, 6) is 1.01. The standard InChI is InChI=1S/C14H22N2O3/c1-14(2,9-15)16(3)13(17)11-7-6-10(18-4)8-12(11)19-5/h6-8H,9,15H2,1-5H3. The molecule has 0 aliphatic rings. The Hall–Kier alpha value is -1.75. The van der Waals surface area contributed by atoms with Crippen LogP contribution in [0.4, 0.5) is 0 Å². The summed E-state index contributed by atoms with van der Waals surface area (Å²) >= 11 is 0. The van der Waals surface area contributed by atoms with Crippen LogP contribution in [-0.4, -0.2) is 44.2 Å². The van der Waals surface area contributed by atoms with Crippen molar-refractivity contribution >= 4 is 5.91 Å². The molecule has 0 saturated heterocycles. The molecule has 1 aromatic rings. The van der Waals surface area contributed by atoms with Crippen LogP contribution < -0.4 is 15.2 Å². The van der Waals surface area contributed by atoms with Crippen molar-refractivity contribution in [3.8, 4) is 11.5 Å². The minimum Gasteiger partial charge on any atom is -0.497 e. The minimum absolute atomic E-state index is 0.130. The van der Waals surface area contributed by atoms with Gasteiger partial charge in [0, 0.05) is 25.2 Å². The van der Waals surface area contributed by atoms with Gasteiger partial charge < -0.3 is 20.1 Å². The fraction of sp³-hybridized carbons (Fsp3) is 0.500. The second kappa shape index (κ2) is 5.93. The van der Waals surface area contributed by atoms with Crippen LogP contribution >= 0.6 is 0 Å². The Balaban J connectivity index is 3.12. The van der Waals surface area contributed by atoms with E-state index in [9.17, 15) is 4.79 Å². The molecule has 0 radical (unpaired) electrons. The first-order chi connectivity index (χ1) is 8.87. The van der Waals surface area contributed by atoms with Crippen molar-refractivity contribution < 1.29 is 14.3 Å². The highest BCUT2D eigenvalue weighted by atomic mass is 16.5. The third-order valence-electron chi connectivity index (χ3n) is 3.35. The molecule has 1 aromatic carbocycles. The van der Waals surface area contributed by atoms with Crippen molar-refractivity contribution in [2.24, 2.45) is 5.73 Å². The number of carbonyl (C=O) groups excluding carboxylic acids is 1. The van der Waals surface area contributed by atoms with E-state index < -0.39 is 5.54 Å². The van der Waals surface area contributed by atoms with E-state index in [1.54, 1.807) is 37.3 Å². The van der Waals surface area contributed by atoms with E-state index in [1.165, 1.54) is 7.11 Å². The van der Waals surface area contributed by atoms with Gasteiger partial charge in [0.1, 0.15) is 11.5 Å². The van der Waals surface area contributed by atoms with Crippen molar-refractivity contribution in [1.82, 2.24) is 4.90 Å². The number of benzene rings is 1. The lowest BCUT2D eigenvalue weighted by atomic mass is 10.0. The van der Waals surface area contributed by atoms with Gasteiger partial charge in [-0.2, -0.15) is 0 Å². The van der Waals surface area contributed by atoms with Gasteiger partial charge in [0.25, 0.3) is 5.91 Å². The second-order valence-electron chi connectivity index (χ2n) is 4.95. The molecule has 19 heavy (non-hydrogen) atoms. The highest BCUT2D eigenvalue weighted by Crippen LogP contribution is 2.27. The Morgan fingerprint density at radius 3 is 2.42 bits per heavy atom. The molecular weight excluding hydrogens is 244 g/mol. The Morgan fingerprint density at radius 2 is 1.95 bits per heavy atom. The fourth-order valence-corrected chi connectivity index (χ4v) is 1.57. The van der Waals surface area contributed by atoms with Gasteiger partial charge in [-0.3, -0.25) is 4.79 Å². The van der Waals surface area contributed by atoms with Crippen LogP contribution in [0.25, 0.3) is 0 Å². The lowest BCUT2D eigenvalue weighted by Gasteiger charge is -2.34. The van der Waals surface area contributed by atoms with Crippen molar-refractivity contribution in [1.29, 1.82) is 0 Å². The van der Waals surface area contributed by atoms with Gasteiger partial charge in [0.2, 0.25) is 0 Å². The molecule has 0 bridgehead atoms. The first-order valence-corrected chi connectivity index (χ1v) is 6.07. The zero-order chi connectivity index (χ0) is 14.6. The van der Waals surface area contributed by atoms with Crippen LogP contribution in [0.2, 0.25) is 0 Å². The molecule has 1 amide bonds. The van der Waals surface area contributed by atoms with Gasteiger partial charge in [0.05, 0.1) is 19.8 Å². The van der Waals surface area contributed by atoms with E-state index in [2.05, 4.69) is 0 Å². The average Bonchev–Trinajstić information content (AvgIpc) is 2.44. The number of hydrogen-bond donors (Lipinski definition) is 1. The molecule has 0 unspecified atom stereocenters. The maximum atomic E-state index is 12.5. The number of nitrogens with zero attached hydrogens (tertiary/aromatic N) is 1. The molecule has 0 aliphatic carbocycles. The smallest absolute Gasteiger partial charge is 0.257 e. The predicted molar refractivity (Wildman–Crippen MR) is 74.8 cm³/mol. The molecule has 0 fully saturated rings. The van der Waals surface area contributed by atoms with E-state index in [4.69, 9.17) is 15.2 Å². The zero-order valence-corrected chi connectivity index (χ0v) is 12.2. The van der Waals surface area contributed by atoms with Gasteiger partial charge in [-0.05, 0) is 26.0 Å². The highest BCUT2D eigenvalue weighted by molar-refractivity contribution is 5.97. The largest absolute Gasteiger partial charge is 0.497 e. The summed E-state index contributed by atoms with van der Waals surface area (Å²) < 4.78 is 10.4. The number of ether oxygens (including phenoxy) is 2. The summed E-state index contributed by atoms with van der Waals surface area (Å²) in [6, 6.07) is 5.12. The average molecular weight is 266 g/mol. The quantitative estimate of drug-likeness (QED) is 0.877. The van der Waals surface area contributed by atoms with Crippen LogP contribution in [0.3, 0.4) is 0 Å². The van der Waals surface area contributed by atoms with Crippen molar-refractivity contribution in [3.63, 3.8) is 0 Å². The van der Waals surface area contributed by atoms with Crippen molar-refractivity contribution in [2.45, 2.75) is 19.4 Å². The van der Waals surface area contributed by atoms with E-state index >= 15 is 0 Å². The monoisotopic (exact) mass is 266 g/mol. The summed E-state index contributed by atoms with van der Waals surface area (Å²) in [6.07, 6.45) is 0. The maximum absolute atomic E-state index is 12.5. The van der Waals surface area contributed by atoms with Crippen LogP contribution in [0.15, 0.2) is 18.2 Å². The van der Waals surface area contributed by atoms with Crippen molar-refractivity contribution in [3.05, 3.63) is 23.8 Å². The summed E-state index contributed by atoms with van der Waals surface area (Å²) in [7, 11) is 4.83. The van der Waals surface area contributed by atoms with Gasteiger partial charge in [-0.25, -0.2) is 0 Å². The molecular formula is C14H22N2O3. The van der Waals surface area contributed by atoms with Crippen LogP contribution in [0.5, 0.6) is 11.5 Å². The normalized spacial score (nSPS) is 11.1. The number of likely N-dealkylation sites (N-methyl/N-ethyl adjacent to an activating group) is 1. The first kappa shape index (κ1) is 15.3. The predicted octanol–water partition coefficient (Wildman–Crippen LogP) is 1.51. The van der Waals surface area contributed by atoms with E-state index in [0.717, 1.165) is 0 Å². The lowest BCUT2D eigenvalue weighted by molar-refractivity contribution is 0.0637. The molecule has 1 rings (SSSR count). The van der Waals surface area contributed by atoms with E-state index in [0.29, 0.717) is 23.6 Å². The number of methoxy groups -OCH3 is 2. The van der Waals surface area contributed by atoms with Gasteiger partial charge in [-0.15, -0.1) is 0 Å². The third kappa shape index (κ3) is 3.17. The molecule has 0 aromatic heterocycles. The minimum atomic E-state index is -0.415. The second-order valence-corrected chi connectivity index (χ2v) is 4.95. The summed E-state index contributed by atoms with van der Waals surface area (Å²) in [5.41, 5.74) is 5.77. The molecule has 5 nitrogen and oxygen atoms in total. The first-order valence-electron chi connectivity index (χ1n) is 6.07. The number of amides is 1. The third-order valence-corrected chi connectivity index (χ3v) is 3.35. The van der Waals surface area contributed by atoms with Gasteiger partial charge >= 0.3 is 0 Å². The molecule has 0 atom stereocenters. The number of rotatable bonds is 5. The Labute approximate surface area is 114 Å². The fourth-order valence-electron chi connectivity index (χ4n) is 1.57. The summed E-state index contributed by atoms with van der Waals surface area (Å²) in [6.45, 7) is 4.22. The molecule has 0 spiro atoms. The molecule has 0 saturated carbocycles. The topological polar surface area (TPSA) is 64.8 Å². The van der Waals surface area contributed by atoms with Crippen LogP contribution in [0.1, 0.15) is 24.2 Å². The van der Waals surface area contributed by atoms with Gasteiger partial charge in [-0.1, -0.05) is 0 Å². The van der Waals surface area contributed by atoms with Crippen LogP contribution in [0, 0.1) is 0 Å². The molecule has 106 valence electrons. The molecule has 2 N–H and O–H groups in total. The van der Waals surface area contributed by atoms with Crippen LogP contribution in [-0.2, 0) is 0 Å². The summed E-state index contributed by atoms with van der Waals surface area (Å²) in [4.78, 5) is 14.1. The Morgan fingerprint density at radius 1 is 1.32 bits per heavy atom. The highest BCUT2D eigenvalue weighted by Gasteiger charge is 2.28. The Kier molecular flexibility index (Phi) is 4.78. The number of nitrogens with two attached hydrogens (primary N) is 1. The number of carbonyl (C=O) groups is 1. The maximum Gasteiger partial charge on any atom is 0.257 e. The van der Waals surface area contributed by atoms with Crippen molar-refractivity contribution in [2.75, 3.05) is 27.8 Å². The van der Waals surface area contributed by atoms with E-state index in [-0.39, 0.29) is 5.91 Å². The molecule has 5 heteroatoms. The zero-order valence-electron chi connectivity index (χ0n) is 12.2. The molecule has 0 heterocycles. The lowest BCUT2D eigenvalue weighted by Crippen LogP contribution is -2.50. The SMILES string of the molecule is COc1ccc(C(=O)N(C)C(C)(C)CN)c(OC)c1. The summed E-state index contributed by atoms with van der Waals surface area (Å²) in [5, 5.41) is 0. The number of hydrogen-bond acceptors (Lipinski definition) is 4.